The maximum absolute atomic E-state index is 12.1. The first-order valence-electron chi connectivity index (χ1n) is 9.04. The summed E-state index contributed by atoms with van der Waals surface area (Å²) in [5, 5.41) is 7.07. The van der Waals surface area contributed by atoms with E-state index >= 15 is 0 Å². The molecule has 1 fully saturated rings. The van der Waals surface area contributed by atoms with Gasteiger partial charge in [0.25, 0.3) is 0 Å². The smallest absolute Gasteiger partial charge is 0.223 e. The number of carbonyl (C=O) groups is 1. The molecule has 0 spiro atoms. The Labute approximate surface area is 179 Å². The molecule has 0 radical (unpaired) electrons. The van der Waals surface area contributed by atoms with Crippen LogP contribution in [0.1, 0.15) is 37.7 Å². The summed E-state index contributed by atoms with van der Waals surface area (Å²) >= 11 is 5.92. The second kappa shape index (κ2) is 12.4. The maximum Gasteiger partial charge on any atom is 0.223 e. The average Bonchev–Trinajstić information content (AvgIpc) is 2.64. The molecule has 26 heavy (non-hydrogen) atoms. The number of nitrogens with one attached hydrogen (secondary N) is 2. The average molecular weight is 493 g/mol. The van der Waals surface area contributed by atoms with E-state index in [2.05, 4.69) is 15.6 Å². The number of rotatable bonds is 6. The minimum atomic E-state index is 0. The van der Waals surface area contributed by atoms with Crippen LogP contribution < -0.4 is 10.6 Å². The van der Waals surface area contributed by atoms with E-state index in [0.29, 0.717) is 13.1 Å². The Morgan fingerprint density at radius 3 is 2.38 bits per heavy atom. The number of hydrogen-bond donors (Lipinski definition) is 2. The van der Waals surface area contributed by atoms with Crippen molar-refractivity contribution >= 4 is 47.4 Å². The van der Waals surface area contributed by atoms with Crippen molar-refractivity contribution in [3.05, 3.63) is 34.9 Å². The van der Waals surface area contributed by atoms with Crippen LogP contribution in [0.15, 0.2) is 29.3 Å². The van der Waals surface area contributed by atoms with Crippen molar-refractivity contribution in [1.82, 2.24) is 15.5 Å². The highest BCUT2D eigenvalue weighted by atomic mass is 127. The van der Waals surface area contributed by atoms with Gasteiger partial charge in [0.05, 0.1) is 0 Å². The van der Waals surface area contributed by atoms with Gasteiger partial charge in [-0.05, 0) is 30.5 Å². The van der Waals surface area contributed by atoms with Gasteiger partial charge in [0.1, 0.15) is 0 Å². The summed E-state index contributed by atoms with van der Waals surface area (Å²) < 4.78 is 0. The first-order valence-corrected chi connectivity index (χ1v) is 9.42. The molecular formula is C19H30ClIN4O. The van der Waals surface area contributed by atoms with Gasteiger partial charge in [0, 0.05) is 44.7 Å². The fraction of sp³-hybridized carbons (Fsp3) is 0.579. The van der Waals surface area contributed by atoms with E-state index in [-0.39, 0.29) is 35.8 Å². The van der Waals surface area contributed by atoms with Gasteiger partial charge in [-0.1, -0.05) is 43.0 Å². The summed E-state index contributed by atoms with van der Waals surface area (Å²) in [7, 11) is 3.76. The SMILES string of the molecule is CN=C(NCCNC(=O)C1CCCCC1)N(C)Cc1ccc(Cl)cc1.I. The molecule has 0 heterocycles. The van der Waals surface area contributed by atoms with Gasteiger partial charge >= 0.3 is 0 Å². The van der Waals surface area contributed by atoms with Crippen molar-refractivity contribution in [3.63, 3.8) is 0 Å². The molecule has 0 aliphatic heterocycles. The topological polar surface area (TPSA) is 56.7 Å². The standard InChI is InChI=1S/C19H29ClN4O.HI/c1-21-19(24(2)14-15-8-10-17(20)11-9-15)23-13-12-22-18(25)16-6-4-3-5-7-16;/h8-11,16H,3-7,12-14H2,1-2H3,(H,21,23)(H,22,25);1H. The van der Waals surface area contributed by atoms with Crippen molar-refractivity contribution < 1.29 is 4.79 Å². The van der Waals surface area contributed by atoms with Gasteiger partial charge in [-0.25, -0.2) is 0 Å². The van der Waals surface area contributed by atoms with Gasteiger partial charge in [-0.2, -0.15) is 0 Å². The van der Waals surface area contributed by atoms with Crippen LogP contribution in [-0.2, 0) is 11.3 Å². The number of benzene rings is 1. The van der Waals surface area contributed by atoms with E-state index in [4.69, 9.17) is 11.6 Å². The fourth-order valence-electron chi connectivity index (χ4n) is 3.19. The van der Waals surface area contributed by atoms with Crippen LogP contribution in [0.3, 0.4) is 0 Å². The lowest BCUT2D eigenvalue weighted by Gasteiger charge is -2.23. The summed E-state index contributed by atoms with van der Waals surface area (Å²) in [5.41, 5.74) is 1.17. The number of carbonyl (C=O) groups excluding carboxylic acids is 1. The van der Waals surface area contributed by atoms with E-state index in [9.17, 15) is 4.79 Å². The number of amides is 1. The van der Waals surface area contributed by atoms with Crippen LogP contribution in [-0.4, -0.2) is 44.0 Å². The lowest BCUT2D eigenvalue weighted by atomic mass is 9.89. The van der Waals surface area contributed by atoms with Gasteiger partial charge in [0.15, 0.2) is 5.96 Å². The minimum Gasteiger partial charge on any atom is -0.354 e. The Morgan fingerprint density at radius 1 is 1.15 bits per heavy atom. The number of hydrogen-bond acceptors (Lipinski definition) is 2. The van der Waals surface area contributed by atoms with Gasteiger partial charge in [-0.3, -0.25) is 9.79 Å². The molecule has 1 saturated carbocycles. The van der Waals surface area contributed by atoms with Crippen LogP contribution in [0.2, 0.25) is 5.02 Å². The van der Waals surface area contributed by atoms with E-state index in [0.717, 1.165) is 30.4 Å². The first-order chi connectivity index (χ1) is 12.1. The summed E-state index contributed by atoms with van der Waals surface area (Å²) in [6, 6.07) is 7.80. The molecule has 0 bridgehead atoms. The summed E-state index contributed by atoms with van der Waals surface area (Å²) in [6.07, 6.45) is 5.69. The minimum absolute atomic E-state index is 0. The fourth-order valence-corrected chi connectivity index (χ4v) is 3.32. The third-order valence-electron chi connectivity index (χ3n) is 4.59. The van der Waals surface area contributed by atoms with Crippen LogP contribution in [0, 0.1) is 5.92 Å². The van der Waals surface area contributed by atoms with Crippen molar-refractivity contribution in [2.45, 2.75) is 38.6 Å². The molecule has 146 valence electrons. The predicted molar refractivity (Wildman–Crippen MR) is 119 cm³/mol. The predicted octanol–water partition coefficient (Wildman–Crippen LogP) is 3.66. The van der Waals surface area contributed by atoms with Crippen molar-refractivity contribution in [1.29, 1.82) is 0 Å². The third-order valence-corrected chi connectivity index (χ3v) is 4.84. The molecule has 0 saturated heterocycles. The van der Waals surface area contributed by atoms with Gasteiger partial charge in [-0.15, -0.1) is 24.0 Å². The zero-order valence-electron chi connectivity index (χ0n) is 15.6. The molecule has 0 unspecified atom stereocenters. The number of aliphatic imine (C=N–C) groups is 1. The lowest BCUT2D eigenvalue weighted by molar-refractivity contribution is -0.125. The molecule has 2 rings (SSSR count). The van der Waals surface area contributed by atoms with Crippen molar-refractivity contribution in [3.8, 4) is 0 Å². The molecule has 5 nitrogen and oxygen atoms in total. The van der Waals surface area contributed by atoms with Crippen molar-refractivity contribution in [2.75, 3.05) is 27.2 Å². The summed E-state index contributed by atoms with van der Waals surface area (Å²) in [6.45, 7) is 2.02. The second-order valence-corrected chi connectivity index (χ2v) is 7.02. The largest absolute Gasteiger partial charge is 0.354 e. The van der Waals surface area contributed by atoms with Gasteiger partial charge < -0.3 is 15.5 Å². The lowest BCUT2D eigenvalue weighted by Crippen LogP contribution is -2.43. The highest BCUT2D eigenvalue weighted by Crippen LogP contribution is 2.23. The molecule has 1 aliphatic rings. The first kappa shape index (κ1) is 23.0. The molecule has 0 atom stereocenters. The van der Waals surface area contributed by atoms with E-state index in [1.165, 1.54) is 24.8 Å². The zero-order valence-corrected chi connectivity index (χ0v) is 18.7. The Hall–Kier alpha value is -1.02. The van der Waals surface area contributed by atoms with E-state index in [1.807, 2.05) is 36.2 Å². The Kier molecular flexibility index (Phi) is 11.0. The van der Waals surface area contributed by atoms with Crippen LogP contribution >= 0.6 is 35.6 Å². The zero-order chi connectivity index (χ0) is 18.1. The quantitative estimate of drug-likeness (QED) is 0.276. The highest BCUT2D eigenvalue weighted by molar-refractivity contribution is 14.0. The molecule has 2 N–H and O–H groups in total. The van der Waals surface area contributed by atoms with Gasteiger partial charge in [0.2, 0.25) is 5.91 Å². The second-order valence-electron chi connectivity index (χ2n) is 6.58. The summed E-state index contributed by atoms with van der Waals surface area (Å²) in [4.78, 5) is 18.5. The maximum atomic E-state index is 12.1. The van der Waals surface area contributed by atoms with Crippen molar-refractivity contribution in [2.24, 2.45) is 10.9 Å². The molecule has 1 amide bonds. The molecule has 7 heteroatoms. The van der Waals surface area contributed by atoms with Crippen LogP contribution in [0.5, 0.6) is 0 Å². The Morgan fingerprint density at radius 2 is 1.77 bits per heavy atom. The van der Waals surface area contributed by atoms with E-state index < -0.39 is 0 Å². The number of guanidine groups is 1. The van der Waals surface area contributed by atoms with E-state index in [1.54, 1.807) is 7.05 Å². The van der Waals surface area contributed by atoms with Crippen LogP contribution in [0.25, 0.3) is 0 Å². The third kappa shape index (κ3) is 7.70. The number of nitrogens with zero attached hydrogens (tertiary/aromatic N) is 2. The molecule has 0 aromatic heterocycles. The highest BCUT2D eigenvalue weighted by Gasteiger charge is 2.20. The summed E-state index contributed by atoms with van der Waals surface area (Å²) in [5.74, 6) is 1.22. The molecule has 1 aliphatic carbocycles. The number of halogens is 2. The molecule has 1 aromatic rings. The van der Waals surface area contributed by atoms with Crippen LogP contribution in [0.4, 0.5) is 0 Å². The monoisotopic (exact) mass is 492 g/mol. The Bertz CT molecular complexity index is 573. The normalized spacial score (nSPS) is 15.1. The Balaban J connectivity index is 0.00000338. The molecular weight excluding hydrogens is 463 g/mol. The molecule has 1 aromatic carbocycles.